The summed E-state index contributed by atoms with van der Waals surface area (Å²) in [6, 6.07) is 19.6. The number of alkyl halides is 1. The third-order valence-electron chi connectivity index (χ3n) is 11.8. The molecule has 302 valence electrons. The number of pyridine rings is 1. The highest BCUT2D eigenvalue weighted by molar-refractivity contribution is 6.35. The van der Waals surface area contributed by atoms with Gasteiger partial charge in [0, 0.05) is 67.9 Å². The number of halogens is 3. The molecule has 0 saturated carbocycles. The predicted molar refractivity (Wildman–Crippen MR) is 219 cm³/mol. The monoisotopic (exact) mass is 825 g/mol. The number of nitrogens with zero attached hydrogens (tertiary/aromatic N) is 4. The first kappa shape index (κ1) is 40.1. The molecule has 10 nitrogen and oxygen atoms in total. The molecule has 1 amide bonds. The van der Waals surface area contributed by atoms with E-state index in [0.29, 0.717) is 71.8 Å². The van der Waals surface area contributed by atoms with Crippen LogP contribution in [0.4, 0.5) is 4.39 Å². The lowest BCUT2D eigenvalue weighted by Gasteiger charge is -2.39. The zero-order valence-corrected chi connectivity index (χ0v) is 33.8. The molecule has 0 radical (unpaired) electrons. The second kappa shape index (κ2) is 17.6. The highest BCUT2D eigenvalue weighted by Gasteiger charge is 2.48. The number of hydrogen-bond donors (Lipinski definition) is 1. The van der Waals surface area contributed by atoms with Crippen LogP contribution in [-0.4, -0.2) is 77.5 Å². The molecule has 4 aromatic rings. The minimum atomic E-state index is -0.865. The first-order valence-corrected chi connectivity index (χ1v) is 20.9. The molecule has 0 bridgehead atoms. The van der Waals surface area contributed by atoms with Crippen LogP contribution in [0.2, 0.25) is 10.0 Å². The summed E-state index contributed by atoms with van der Waals surface area (Å²) in [4.78, 5) is 33.7. The minimum Gasteiger partial charge on any atom is -0.492 e. The normalized spacial score (nSPS) is 21.2. The van der Waals surface area contributed by atoms with Gasteiger partial charge in [-0.2, -0.15) is 5.26 Å². The average molecular weight is 827 g/mol. The van der Waals surface area contributed by atoms with E-state index in [4.69, 9.17) is 37.4 Å². The van der Waals surface area contributed by atoms with E-state index in [-0.39, 0.29) is 30.8 Å². The number of likely N-dealkylation sites (tertiary alicyclic amines) is 2. The van der Waals surface area contributed by atoms with E-state index in [1.54, 1.807) is 12.3 Å². The van der Waals surface area contributed by atoms with Crippen molar-refractivity contribution >= 4 is 34.9 Å². The number of carbonyl (C=O) groups excluding carboxylic acids is 2. The number of fused-ring (bicyclic) bond motifs is 1. The maximum atomic E-state index is 13.5. The molecule has 4 aliphatic rings. The molecule has 58 heavy (non-hydrogen) atoms. The summed E-state index contributed by atoms with van der Waals surface area (Å²) in [5.41, 5.74) is 5.25. The van der Waals surface area contributed by atoms with E-state index < -0.39 is 11.7 Å². The quantitative estimate of drug-likeness (QED) is 0.105. The SMILES string of the molecule is N#Cc1cncc(COc2cc(O[C@H]3CCc4c(-c5cccc(OCCCN6CCC(F)CC6)c5Cl)cccc43)c(Cl)cc2CN2CCCC3(C2)NC(=O)CC3=O)c1. The number of rotatable bonds is 13. The van der Waals surface area contributed by atoms with Crippen LogP contribution in [0.3, 0.4) is 0 Å². The van der Waals surface area contributed by atoms with Gasteiger partial charge in [0.1, 0.15) is 47.7 Å². The molecule has 1 spiro atoms. The number of nitriles is 1. The number of piperidine rings is 2. The van der Waals surface area contributed by atoms with E-state index in [9.17, 15) is 19.2 Å². The van der Waals surface area contributed by atoms with Crippen LogP contribution < -0.4 is 19.5 Å². The van der Waals surface area contributed by atoms with E-state index in [1.807, 2.05) is 36.4 Å². The first-order chi connectivity index (χ1) is 28.2. The van der Waals surface area contributed by atoms with E-state index >= 15 is 0 Å². The largest absolute Gasteiger partial charge is 0.492 e. The Labute approximate surface area is 348 Å². The van der Waals surface area contributed by atoms with Crippen LogP contribution in [0.5, 0.6) is 17.2 Å². The summed E-state index contributed by atoms with van der Waals surface area (Å²) >= 11 is 14.0. The van der Waals surface area contributed by atoms with Gasteiger partial charge < -0.3 is 24.4 Å². The lowest BCUT2D eigenvalue weighted by atomic mass is 9.86. The van der Waals surface area contributed by atoms with Crippen LogP contribution in [0.15, 0.2) is 67.0 Å². The van der Waals surface area contributed by atoms with Gasteiger partial charge in [-0.1, -0.05) is 53.5 Å². The van der Waals surface area contributed by atoms with Crippen LogP contribution in [0.1, 0.15) is 78.9 Å². The standard InChI is InChI=1S/C45H46Cl2FN5O5/c46-37-20-31(26-53-14-3-13-45(28-53)42(54)22-43(55)51-45)40(57-27-30-19-29(23-49)24-50-25-30)21-41(37)58-38-10-9-34-33(5-1-6-35(34)38)36-7-2-8-39(44(36)47)56-18-4-15-52-16-11-32(48)12-17-52/h1-2,5-8,19-21,24-25,32,38H,3-4,9-18,22,26-28H2,(H,51,55)/t38-,45?/m0/s1. The molecule has 2 atom stereocenters. The average Bonchev–Trinajstić information content (AvgIpc) is 3.76. The van der Waals surface area contributed by atoms with Crippen molar-refractivity contribution in [3.05, 3.63) is 105 Å². The number of Topliss-reactive ketones (excluding diaryl/α,β-unsaturated/α-hetero) is 1. The molecule has 1 N–H and O–H groups in total. The van der Waals surface area contributed by atoms with Gasteiger partial charge in [-0.25, -0.2) is 4.39 Å². The van der Waals surface area contributed by atoms with Gasteiger partial charge in [-0.05, 0) is 86.4 Å². The van der Waals surface area contributed by atoms with Gasteiger partial charge in [0.25, 0.3) is 0 Å². The molecular weight excluding hydrogens is 780 g/mol. The Morgan fingerprint density at radius 2 is 1.78 bits per heavy atom. The fourth-order valence-electron chi connectivity index (χ4n) is 8.83. The van der Waals surface area contributed by atoms with Crippen molar-refractivity contribution in [3.8, 4) is 34.4 Å². The van der Waals surface area contributed by atoms with E-state index in [1.165, 1.54) is 6.20 Å². The third kappa shape index (κ3) is 8.81. The summed E-state index contributed by atoms with van der Waals surface area (Å²) in [7, 11) is 0. The minimum absolute atomic E-state index is 0.0626. The van der Waals surface area contributed by atoms with Crippen LogP contribution in [-0.2, 0) is 29.2 Å². The Bertz CT molecular complexity index is 2230. The highest BCUT2D eigenvalue weighted by Crippen LogP contribution is 2.45. The number of ether oxygens (including phenoxy) is 3. The highest BCUT2D eigenvalue weighted by atomic mass is 35.5. The summed E-state index contributed by atoms with van der Waals surface area (Å²) in [5.74, 6) is 1.38. The zero-order valence-electron chi connectivity index (χ0n) is 32.3. The lowest BCUT2D eigenvalue weighted by molar-refractivity contribution is -0.124. The molecule has 3 saturated heterocycles. The summed E-state index contributed by atoms with van der Waals surface area (Å²) < 4.78 is 32.9. The number of aromatic nitrogens is 1. The Balaban J connectivity index is 0.999. The predicted octanol–water partition coefficient (Wildman–Crippen LogP) is 8.20. The van der Waals surface area contributed by atoms with Gasteiger partial charge in [-0.3, -0.25) is 19.5 Å². The molecule has 3 aliphatic heterocycles. The maximum absolute atomic E-state index is 13.5. The Morgan fingerprint density at radius 1 is 0.948 bits per heavy atom. The molecular formula is C45H46Cl2FN5O5. The summed E-state index contributed by atoms with van der Waals surface area (Å²) in [6.45, 7) is 4.72. The first-order valence-electron chi connectivity index (χ1n) is 20.1. The molecule has 4 heterocycles. The smallest absolute Gasteiger partial charge is 0.228 e. The lowest BCUT2D eigenvalue weighted by Crippen LogP contribution is -2.57. The second-order valence-corrected chi connectivity index (χ2v) is 16.6. The van der Waals surface area contributed by atoms with E-state index in [0.717, 1.165) is 85.2 Å². The third-order valence-corrected chi connectivity index (χ3v) is 12.4. The Morgan fingerprint density at radius 3 is 2.59 bits per heavy atom. The van der Waals surface area contributed by atoms with Crippen molar-refractivity contribution in [1.29, 1.82) is 5.26 Å². The topological polar surface area (TPSA) is 117 Å². The fraction of sp³-hybridized carbons (Fsp3) is 0.422. The molecule has 1 aromatic heterocycles. The second-order valence-electron chi connectivity index (χ2n) is 15.8. The molecule has 1 aliphatic carbocycles. The number of amides is 1. The number of nitrogens with one attached hydrogen (secondary N) is 1. The van der Waals surface area contributed by atoms with Crippen molar-refractivity contribution in [2.75, 3.05) is 39.3 Å². The fourth-order valence-corrected chi connectivity index (χ4v) is 9.34. The molecule has 1 unspecified atom stereocenters. The van der Waals surface area contributed by atoms with Crippen molar-refractivity contribution in [2.24, 2.45) is 0 Å². The van der Waals surface area contributed by atoms with E-state index in [2.05, 4.69) is 38.3 Å². The number of hydrogen-bond acceptors (Lipinski definition) is 9. The molecule has 8 rings (SSSR count). The van der Waals surface area contributed by atoms with Crippen LogP contribution in [0, 0.1) is 11.3 Å². The number of benzene rings is 3. The molecule has 3 aromatic carbocycles. The van der Waals surface area contributed by atoms with Gasteiger partial charge in [0.2, 0.25) is 5.91 Å². The van der Waals surface area contributed by atoms with Crippen molar-refractivity contribution < 1.29 is 28.2 Å². The van der Waals surface area contributed by atoms with Crippen LogP contribution >= 0.6 is 23.2 Å². The molecule has 13 heteroatoms. The molecule has 3 fully saturated rings. The summed E-state index contributed by atoms with van der Waals surface area (Å²) in [6.07, 6.45) is 7.05. The zero-order chi connectivity index (χ0) is 40.2. The number of carbonyl (C=O) groups is 2. The number of ketones is 1. The van der Waals surface area contributed by atoms with Crippen LogP contribution in [0.25, 0.3) is 11.1 Å². The maximum Gasteiger partial charge on any atom is 0.228 e. The van der Waals surface area contributed by atoms with Crippen molar-refractivity contribution in [3.63, 3.8) is 0 Å². The Kier molecular flexibility index (Phi) is 12.2. The summed E-state index contributed by atoms with van der Waals surface area (Å²) in [5, 5.41) is 13.4. The van der Waals surface area contributed by atoms with Gasteiger partial charge in [0.05, 0.1) is 28.6 Å². The van der Waals surface area contributed by atoms with Gasteiger partial charge >= 0.3 is 0 Å². The Hall–Kier alpha value is -4.73. The van der Waals surface area contributed by atoms with Gasteiger partial charge in [0.15, 0.2) is 5.78 Å². The van der Waals surface area contributed by atoms with Crippen molar-refractivity contribution in [2.45, 2.75) is 82.3 Å². The van der Waals surface area contributed by atoms with Crippen molar-refractivity contribution in [1.82, 2.24) is 20.1 Å². The van der Waals surface area contributed by atoms with Gasteiger partial charge in [-0.15, -0.1) is 0 Å².